The van der Waals surface area contributed by atoms with Crippen LogP contribution in [0.15, 0.2) is 60.7 Å². The molecule has 12 heteroatoms. The number of benzene rings is 2. The highest BCUT2D eigenvalue weighted by molar-refractivity contribution is 5.14. The summed E-state index contributed by atoms with van der Waals surface area (Å²) >= 11 is 0. The minimum atomic E-state index is -0.825. The van der Waals surface area contributed by atoms with Crippen LogP contribution in [0.4, 0.5) is 0 Å². The number of hydrogen-bond donors (Lipinski definition) is 0. The first-order valence-corrected chi connectivity index (χ1v) is 13.9. The Hall–Kier alpha value is -2.04. The molecule has 2 aromatic carbocycles. The molecule has 244 valence electrons. The maximum atomic E-state index is 6.58. The molecule has 0 fully saturated rings. The molecule has 5 atom stereocenters. The third kappa shape index (κ3) is 15.0. The van der Waals surface area contributed by atoms with E-state index in [9.17, 15) is 0 Å². The largest absolute Gasteiger partial charge is 0.374 e. The van der Waals surface area contributed by atoms with Crippen LogP contribution in [0, 0.1) is 0 Å². The molecule has 0 saturated heterocycles. The van der Waals surface area contributed by atoms with Gasteiger partial charge in [0.2, 0.25) is 0 Å². The van der Waals surface area contributed by atoms with E-state index in [4.69, 9.17) is 56.8 Å². The van der Waals surface area contributed by atoms with Crippen LogP contribution in [0.3, 0.4) is 0 Å². The monoisotopic (exact) mass is 612 g/mol. The van der Waals surface area contributed by atoms with Gasteiger partial charge in [0, 0.05) is 35.5 Å². The van der Waals surface area contributed by atoms with Crippen molar-refractivity contribution in [1.82, 2.24) is 0 Å². The van der Waals surface area contributed by atoms with E-state index in [1.165, 1.54) is 28.4 Å². The molecule has 12 nitrogen and oxygen atoms in total. The van der Waals surface area contributed by atoms with Gasteiger partial charge in [-0.1, -0.05) is 60.7 Å². The lowest BCUT2D eigenvalue weighted by atomic mass is 9.98. The van der Waals surface area contributed by atoms with Crippen molar-refractivity contribution < 1.29 is 56.8 Å². The summed E-state index contributed by atoms with van der Waals surface area (Å²) in [5.74, 6) is 0. The van der Waals surface area contributed by atoms with Gasteiger partial charge in [-0.3, -0.25) is 0 Å². The van der Waals surface area contributed by atoms with Gasteiger partial charge in [0.05, 0.1) is 26.4 Å². The van der Waals surface area contributed by atoms with Crippen molar-refractivity contribution in [2.75, 3.05) is 82.7 Å². The molecular formula is C31H48O12. The van der Waals surface area contributed by atoms with Gasteiger partial charge in [0.25, 0.3) is 0 Å². The Morgan fingerprint density at radius 3 is 1.35 bits per heavy atom. The first-order chi connectivity index (χ1) is 21.2. The molecule has 2 aromatic rings. The lowest BCUT2D eigenvalue weighted by Gasteiger charge is -2.39. The molecular weight excluding hydrogens is 564 g/mol. The third-order valence-electron chi connectivity index (χ3n) is 6.10. The van der Waals surface area contributed by atoms with Gasteiger partial charge in [0.15, 0.2) is 0 Å². The van der Waals surface area contributed by atoms with Crippen LogP contribution in [0.1, 0.15) is 11.1 Å². The molecule has 0 aliphatic heterocycles. The van der Waals surface area contributed by atoms with Gasteiger partial charge in [-0.2, -0.15) is 0 Å². The first-order valence-electron chi connectivity index (χ1n) is 13.9. The smallest absolute Gasteiger partial charge is 0.146 e. The quantitative estimate of drug-likeness (QED) is 0.109. The van der Waals surface area contributed by atoms with Crippen LogP contribution >= 0.6 is 0 Å². The highest BCUT2D eigenvalue weighted by Crippen LogP contribution is 2.24. The van der Waals surface area contributed by atoms with Crippen molar-refractivity contribution in [2.45, 2.75) is 43.7 Å². The minimum absolute atomic E-state index is 0.00823. The number of methoxy groups -OCH3 is 5. The second-order valence-corrected chi connectivity index (χ2v) is 9.34. The number of hydrogen-bond acceptors (Lipinski definition) is 12. The lowest BCUT2D eigenvalue weighted by Crippen LogP contribution is -2.56. The third-order valence-corrected chi connectivity index (χ3v) is 6.10. The molecule has 0 unspecified atom stereocenters. The lowest BCUT2D eigenvalue weighted by molar-refractivity contribution is -0.261. The maximum absolute atomic E-state index is 6.58. The van der Waals surface area contributed by atoms with Crippen LogP contribution in [0.25, 0.3) is 0 Å². The summed E-state index contributed by atoms with van der Waals surface area (Å²) in [5.41, 5.74) is 1.98. The summed E-state index contributed by atoms with van der Waals surface area (Å²) in [6.07, 6.45) is -3.74. The van der Waals surface area contributed by atoms with E-state index >= 15 is 0 Å². The van der Waals surface area contributed by atoms with Crippen molar-refractivity contribution in [2.24, 2.45) is 0 Å². The van der Waals surface area contributed by atoms with Crippen LogP contribution in [0.2, 0.25) is 0 Å². The average Bonchev–Trinajstić information content (AvgIpc) is 3.04. The normalized spacial score (nSPS) is 15.2. The number of rotatable bonds is 27. The molecule has 0 spiro atoms. The van der Waals surface area contributed by atoms with Gasteiger partial charge in [-0.05, 0) is 11.1 Å². The highest BCUT2D eigenvalue weighted by atomic mass is 16.7. The van der Waals surface area contributed by atoms with Gasteiger partial charge in [0.1, 0.15) is 64.5 Å². The summed E-state index contributed by atoms with van der Waals surface area (Å²) in [7, 11) is 7.67. The van der Waals surface area contributed by atoms with E-state index in [0.29, 0.717) is 6.61 Å². The zero-order valence-corrected chi connectivity index (χ0v) is 25.9. The standard InChI is InChI=1S/C31H48O12/c1-32-20-38-19-28(41-22-34-3)30(42-23-35-4)31(43-24-36-5)29(39-17-26-14-10-7-11-15-26)27(40-21-33-2)18-37-16-25-12-8-6-9-13-25/h6-15,27-31H,16-24H2,1-5H3/t27-,28-,29-,30+,31-/m1/s1. The molecule has 0 saturated carbocycles. The summed E-state index contributed by atoms with van der Waals surface area (Å²) < 4.78 is 69.2. The molecule has 0 aromatic heterocycles. The Morgan fingerprint density at radius 2 is 0.837 bits per heavy atom. The fourth-order valence-electron chi connectivity index (χ4n) is 4.17. The Morgan fingerprint density at radius 1 is 0.419 bits per heavy atom. The van der Waals surface area contributed by atoms with Crippen molar-refractivity contribution in [1.29, 1.82) is 0 Å². The van der Waals surface area contributed by atoms with E-state index in [0.717, 1.165) is 11.1 Å². The first kappa shape index (κ1) is 37.1. The Labute approximate surface area is 255 Å². The Bertz CT molecular complexity index is 891. The second-order valence-electron chi connectivity index (χ2n) is 9.34. The molecule has 0 aliphatic carbocycles. The zero-order chi connectivity index (χ0) is 31.0. The van der Waals surface area contributed by atoms with Crippen LogP contribution in [0.5, 0.6) is 0 Å². The molecule has 0 heterocycles. The summed E-state index contributed by atoms with van der Waals surface area (Å²) in [6.45, 7) is 0.767. The van der Waals surface area contributed by atoms with Crippen molar-refractivity contribution in [3.05, 3.63) is 71.8 Å². The molecule has 43 heavy (non-hydrogen) atoms. The van der Waals surface area contributed by atoms with Gasteiger partial charge < -0.3 is 56.8 Å². The molecule has 0 N–H and O–H groups in total. The topological polar surface area (TPSA) is 111 Å². The molecule has 0 radical (unpaired) electrons. The molecule has 0 amide bonds. The molecule has 0 aliphatic rings. The summed E-state index contributed by atoms with van der Waals surface area (Å²) in [4.78, 5) is 0. The van der Waals surface area contributed by atoms with E-state index in [-0.39, 0.29) is 53.8 Å². The SMILES string of the molecule is COCOC[C@@H](OCOC)[C@H](OCOC)[C@H](OCOC)[C@H](OCc1ccccc1)[C@@H](COCc1ccccc1)OCOC. The Balaban J connectivity index is 2.46. The Kier molecular flexibility index (Phi) is 21.0. The van der Waals surface area contributed by atoms with E-state index < -0.39 is 30.5 Å². The molecule has 0 bridgehead atoms. The highest BCUT2D eigenvalue weighted by Gasteiger charge is 2.43. The van der Waals surface area contributed by atoms with Gasteiger partial charge in [-0.25, -0.2) is 0 Å². The maximum Gasteiger partial charge on any atom is 0.146 e. The van der Waals surface area contributed by atoms with E-state index in [1.807, 2.05) is 60.7 Å². The fourth-order valence-corrected chi connectivity index (χ4v) is 4.17. The second kappa shape index (κ2) is 24.3. The average molecular weight is 613 g/mol. The van der Waals surface area contributed by atoms with Crippen molar-refractivity contribution >= 4 is 0 Å². The zero-order valence-electron chi connectivity index (χ0n) is 25.9. The van der Waals surface area contributed by atoms with Gasteiger partial charge >= 0.3 is 0 Å². The minimum Gasteiger partial charge on any atom is -0.374 e. The van der Waals surface area contributed by atoms with Crippen LogP contribution in [-0.4, -0.2) is 113 Å². The van der Waals surface area contributed by atoms with Crippen LogP contribution in [-0.2, 0) is 70.1 Å². The van der Waals surface area contributed by atoms with E-state index in [1.54, 1.807) is 7.11 Å². The van der Waals surface area contributed by atoms with Crippen molar-refractivity contribution in [3.63, 3.8) is 0 Å². The van der Waals surface area contributed by atoms with Crippen LogP contribution < -0.4 is 0 Å². The number of ether oxygens (including phenoxy) is 12. The summed E-state index contributed by atoms with van der Waals surface area (Å²) in [5, 5.41) is 0. The van der Waals surface area contributed by atoms with E-state index in [2.05, 4.69) is 0 Å². The predicted molar refractivity (Wildman–Crippen MR) is 156 cm³/mol. The van der Waals surface area contributed by atoms with Gasteiger partial charge in [-0.15, -0.1) is 0 Å². The van der Waals surface area contributed by atoms with Crippen molar-refractivity contribution in [3.8, 4) is 0 Å². The summed E-state index contributed by atoms with van der Waals surface area (Å²) in [6, 6.07) is 19.6. The molecule has 2 rings (SSSR count). The fraction of sp³-hybridized carbons (Fsp3) is 0.613. The predicted octanol–water partition coefficient (Wildman–Crippen LogP) is 3.37.